The summed E-state index contributed by atoms with van der Waals surface area (Å²) in [5.74, 6) is 0.868. The van der Waals surface area contributed by atoms with Crippen LogP contribution in [0.2, 0.25) is 0 Å². The molecule has 1 fully saturated rings. The summed E-state index contributed by atoms with van der Waals surface area (Å²) in [4.78, 5) is 23.1. The SMILES string of the molecule is C=C(C)C(=O)OCCCCOC(=O)/C=C/c1ccc([C@H]2CC[C@H](CCCCC)CC2)cc1. The lowest BCUT2D eigenvalue weighted by Gasteiger charge is -2.29. The van der Waals surface area contributed by atoms with Gasteiger partial charge in [-0.1, -0.05) is 63.5 Å². The molecule has 0 aromatic heterocycles. The Hall–Kier alpha value is -2.36. The van der Waals surface area contributed by atoms with Crippen LogP contribution in [-0.2, 0) is 19.1 Å². The van der Waals surface area contributed by atoms with Gasteiger partial charge in [-0.05, 0) is 74.5 Å². The van der Waals surface area contributed by atoms with E-state index in [1.807, 2.05) is 0 Å². The van der Waals surface area contributed by atoms with Crippen LogP contribution in [0.25, 0.3) is 6.08 Å². The molecule has 0 heterocycles. The highest BCUT2D eigenvalue weighted by atomic mass is 16.5. The quantitative estimate of drug-likeness (QED) is 0.188. The van der Waals surface area contributed by atoms with Crippen LogP contribution in [0, 0.1) is 5.92 Å². The molecule has 4 nitrogen and oxygen atoms in total. The lowest BCUT2D eigenvalue weighted by Crippen LogP contribution is -2.13. The molecule has 2 rings (SSSR count). The molecule has 0 radical (unpaired) electrons. The van der Waals surface area contributed by atoms with Gasteiger partial charge in [-0.15, -0.1) is 0 Å². The molecule has 1 aromatic rings. The Morgan fingerprint density at radius 3 is 2.25 bits per heavy atom. The van der Waals surface area contributed by atoms with Crippen molar-refractivity contribution in [2.75, 3.05) is 13.2 Å². The first-order valence-electron chi connectivity index (χ1n) is 12.3. The zero-order valence-electron chi connectivity index (χ0n) is 19.9. The number of unbranched alkanes of at least 4 members (excludes halogenated alkanes) is 3. The van der Waals surface area contributed by atoms with E-state index in [1.165, 1.54) is 63.0 Å². The number of hydrogen-bond acceptors (Lipinski definition) is 4. The third-order valence-corrected chi connectivity index (χ3v) is 6.25. The summed E-state index contributed by atoms with van der Waals surface area (Å²) in [6.45, 7) is 8.04. The van der Waals surface area contributed by atoms with Gasteiger partial charge in [0.25, 0.3) is 0 Å². The number of ether oxygens (including phenoxy) is 2. The molecule has 0 spiro atoms. The number of esters is 2. The Morgan fingerprint density at radius 2 is 1.62 bits per heavy atom. The van der Waals surface area contributed by atoms with E-state index < -0.39 is 0 Å². The Kier molecular flexibility index (Phi) is 11.9. The second-order valence-corrected chi connectivity index (χ2v) is 9.00. The average molecular weight is 441 g/mol. The molecule has 0 saturated heterocycles. The van der Waals surface area contributed by atoms with E-state index in [-0.39, 0.29) is 11.9 Å². The van der Waals surface area contributed by atoms with Crippen LogP contribution in [0.4, 0.5) is 0 Å². The zero-order valence-corrected chi connectivity index (χ0v) is 19.9. The molecule has 0 atom stereocenters. The van der Waals surface area contributed by atoms with Crippen LogP contribution in [0.1, 0.15) is 95.1 Å². The molecule has 0 aliphatic heterocycles. The number of carbonyl (C=O) groups is 2. The Morgan fingerprint density at radius 1 is 0.969 bits per heavy atom. The maximum absolute atomic E-state index is 11.9. The van der Waals surface area contributed by atoms with Gasteiger partial charge in [0, 0.05) is 11.6 Å². The minimum atomic E-state index is -0.383. The Labute approximate surface area is 194 Å². The topological polar surface area (TPSA) is 52.6 Å². The molecule has 0 bridgehead atoms. The normalized spacial score (nSPS) is 18.4. The fourth-order valence-electron chi connectivity index (χ4n) is 4.22. The fourth-order valence-corrected chi connectivity index (χ4v) is 4.22. The predicted molar refractivity (Wildman–Crippen MR) is 130 cm³/mol. The standard InChI is InChI=1S/C28H40O4/c1-4-5-6-9-23-10-15-25(16-11-23)26-17-12-24(13-18-26)14-19-27(29)31-20-7-8-21-32-28(30)22(2)3/h12-14,17-19,23,25H,2,4-11,15-16,20-21H2,1,3H3/b19-14+/t23-,25-. The number of rotatable bonds is 13. The van der Waals surface area contributed by atoms with E-state index in [4.69, 9.17) is 9.47 Å². The number of carbonyl (C=O) groups excluding carboxylic acids is 2. The summed E-state index contributed by atoms with van der Waals surface area (Å²) >= 11 is 0. The zero-order chi connectivity index (χ0) is 23.2. The molecular weight excluding hydrogens is 400 g/mol. The van der Waals surface area contributed by atoms with Gasteiger partial charge in [-0.2, -0.15) is 0 Å². The molecule has 0 amide bonds. The van der Waals surface area contributed by atoms with Crippen molar-refractivity contribution in [1.29, 1.82) is 0 Å². The first-order chi connectivity index (χ1) is 15.5. The average Bonchev–Trinajstić information content (AvgIpc) is 2.80. The van der Waals surface area contributed by atoms with Gasteiger partial charge in [0.2, 0.25) is 0 Å². The molecule has 1 aliphatic carbocycles. The highest BCUT2D eigenvalue weighted by Gasteiger charge is 2.21. The van der Waals surface area contributed by atoms with Crippen molar-refractivity contribution in [3.05, 3.63) is 53.6 Å². The Balaban J connectivity index is 1.64. The van der Waals surface area contributed by atoms with Gasteiger partial charge in [0.15, 0.2) is 0 Å². The van der Waals surface area contributed by atoms with Crippen LogP contribution < -0.4 is 0 Å². The molecule has 4 heteroatoms. The van der Waals surface area contributed by atoms with E-state index in [2.05, 4.69) is 37.8 Å². The number of benzene rings is 1. The molecule has 32 heavy (non-hydrogen) atoms. The van der Waals surface area contributed by atoms with E-state index >= 15 is 0 Å². The molecular formula is C28H40O4. The third-order valence-electron chi connectivity index (χ3n) is 6.25. The van der Waals surface area contributed by atoms with E-state index in [0.717, 1.165) is 11.5 Å². The van der Waals surface area contributed by atoms with E-state index in [0.29, 0.717) is 37.5 Å². The smallest absolute Gasteiger partial charge is 0.333 e. The van der Waals surface area contributed by atoms with Gasteiger partial charge in [-0.25, -0.2) is 9.59 Å². The second kappa shape index (κ2) is 14.7. The largest absolute Gasteiger partial charge is 0.463 e. The minimum Gasteiger partial charge on any atom is -0.463 e. The van der Waals surface area contributed by atoms with Crippen molar-refractivity contribution in [2.45, 2.75) is 84.0 Å². The van der Waals surface area contributed by atoms with Gasteiger partial charge in [-0.3, -0.25) is 0 Å². The van der Waals surface area contributed by atoms with Gasteiger partial charge in [0.1, 0.15) is 0 Å². The minimum absolute atomic E-state index is 0.311. The second-order valence-electron chi connectivity index (χ2n) is 9.00. The highest BCUT2D eigenvalue weighted by molar-refractivity contribution is 5.87. The van der Waals surface area contributed by atoms with Crippen molar-refractivity contribution < 1.29 is 19.1 Å². The van der Waals surface area contributed by atoms with E-state index in [9.17, 15) is 9.59 Å². The summed E-state index contributed by atoms with van der Waals surface area (Å²) in [6, 6.07) is 8.59. The molecule has 1 saturated carbocycles. The van der Waals surface area contributed by atoms with Crippen LogP contribution in [-0.4, -0.2) is 25.2 Å². The van der Waals surface area contributed by atoms with Crippen LogP contribution >= 0.6 is 0 Å². The third kappa shape index (κ3) is 9.84. The van der Waals surface area contributed by atoms with Crippen LogP contribution in [0.15, 0.2) is 42.5 Å². The molecule has 1 aliphatic rings. The maximum atomic E-state index is 11.9. The Bertz CT molecular complexity index is 739. The first kappa shape index (κ1) is 25.9. The summed E-state index contributed by atoms with van der Waals surface area (Å²) in [5.41, 5.74) is 2.81. The predicted octanol–water partition coefficient (Wildman–Crippen LogP) is 7.00. The van der Waals surface area contributed by atoms with Gasteiger partial charge < -0.3 is 9.47 Å². The van der Waals surface area contributed by atoms with E-state index in [1.54, 1.807) is 13.0 Å². The van der Waals surface area contributed by atoms with Crippen molar-refractivity contribution >= 4 is 18.0 Å². The molecule has 176 valence electrons. The van der Waals surface area contributed by atoms with Gasteiger partial charge in [0.05, 0.1) is 13.2 Å². The van der Waals surface area contributed by atoms with Gasteiger partial charge >= 0.3 is 11.9 Å². The molecule has 0 unspecified atom stereocenters. The molecule has 0 N–H and O–H groups in total. The molecule has 1 aromatic carbocycles. The van der Waals surface area contributed by atoms with Crippen molar-refractivity contribution in [1.82, 2.24) is 0 Å². The lowest BCUT2D eigenvalue weighted by atomic mass is 9.77. The summed E-state index contributed by atoms with van der Waals surface area (Å²) in [5, 5.41) is 0. The monoisotopic (exact) mass is 440 g/mol. The summed E-state index contributed by atoms with van der Waals surface area (Å²) in [7, 11) is 0. The first-order valence-corrected chi connectivity index (χ1v) is 12.3. The van der Waals surface area contributed by atoms with Crippen molar-refractivity contribution in [3.8, 4) is 0 Å². The lowest BCUT2D eigenvalue weighted by molar-refractivity contribution is -0.140. The maximum Gasteiger partial charge on any atom is 0.333 e. The summed E-state index contributed by atoms with van der Waals surface area (Å²) < 4.78 is 10.2. The van der Waals surface area contributed by atoms with Crippen LogP contribution in [0.5, 0.6) is 0 Å². The van der Waals surface area contributed by atoms with Crippen molar-refractivity contribution in [2.24, 2.45) is 5.92 Å². The van der Waals surface area contributed by atoms with Crippen LogP contribution in [0.3, 0.4) is 0 Å². The summed E-state index contributed by atoms with van der Waals surface area (Å²) in [6.07, 6.45) is 15.4. The van der Waals surface area contributed by atoms with Crippen molar-refractivity contribution in [3.63, 3.8) is 0 Å². The fraction of sp³-hybridized carbons (Fsp3) is 0.571. The number of hydrogen-bond donors (Lipinski definition) is 0. The highest BCUT2D eigenvalue weighted by Crippen LogP contribution is 2.37.